The molecule has 0 saturated heterocycles. The van der Waals surface area contributed by atoms with Crippen molar-refractivity contribution < 1.29 is 26.8 Å². The number of primary sulfonamides is 1. The zero-order chi connectivity index (χ0) is 22.3. The fourth-order valence-electron chi connectivity index (χ4n) is 3.41. The predicted octanol–water partition coefficient (Wildman–Crippen LogP) is 2.95. The van der Waals surface area contributed by atoms with Crippen molar-refractivity contribution >= 4 is 33.2 Å². The molecule has 1 aliphatic rings. The van der Waals surface area contributed by atoms with Gasteiger partial charge in [0.25, 0.3) is 11.8 Å². The lowest BCUT2D eigenvalue weighted by molar-refractivity contribution is -0.117. The fraction of sp³-hybridized carbons (Fsp3) is 0.0476. The van der Waals surface area contributed by atoms with Gasteiger partial charge in [0.1, 0.15) is 17.7 Å². The van der Waals surface area contributed by atoms with Gasteiger partial charge in [0, 0.05) is 6.07 Å². The van der Waals surface area contributed by atoms with E-state index in [1.165, 1.54) is 12.1 Å². The van der Waals surface area contributed by atoms with Crippen LogP contribution in [0.3, 0.4) is 0 Å². The van der Waals surface area contributed by atoms with Crippen molar-refractivity contribution in [2.24, 2.45) is 5.14 Å². The average molecular weight is 443 g/mol. The van der Waals surface area contributed by atoms with Gasteiger partial charge in [0.05, 0.1) is 21.8 Å². The van der Waals surface area contributed by atoms with E-state index in [1.807, 2.05) is 0 Å². The van der Waals surface area contributed by atoms with Crippen molar-refractivity contribution in [1.29, 1.82) is 0 Å². The van der Waals surface area contributed by atoms with Crippen LogP contribution in [0.1, 0.15) is 22.0 Å². The largest absolute Gasteiger partial charge is 0.322 e. The molecule has 4 rings (SSSR count). The lowest BCUT2D eigenvalue weighted by Crippen LogP contribution is -2.45. The van der Waals surface area contributed by atoms with E-state index in [0.29, 0.717) is 11.6 Å². The van der Waals surface area contributed by atoms with Crippen LogP contribution in [0.15, 0.2) is 71.6 Å². The molecule has 0 spiro atoms. The number of hydrogen-bond donors (Lipinski definition) is 2. The minimum absolute atomic E-state index is 0.0135. The van der Waals surface area contributed by atoms with Crippen LogP contribution in [0, 0.1) is 11.6 Å². The smallest absolute Gasteiger partial charge is 0.262 e. The Balaban J connectivity index is 1.92. The topological polar surface area (TPSA) is 110 Å². The monoisotopic (exact) mass is 443 g/mol. The van der Waals surface area contributed by atoms with Crippen LogP contribution in [0.5, 0.6) is 0 Å². The maximum Gasteiger partial charge on any atom is 0.262 e. The van der Waals surface area contributed by atoms with Gasteiger partial charge in [0.15, 0.2) is 0 Å². The number of nitrogens with two attached hydrogens (primary N) is 1. The summed E-state index contributed by atoms with van der Waals surface area (Å²) >= 11 is 0. The number of halogens is 2. The van der Waals surface area contributed by atoms with E-state index < -0.39 is 45.1 Å². The lowest BCUT2D eigenvalue weighted by atomic mass is 9.98. The van der Waals surface area contributed by atoms with Crippen LogP contribution >= 0.6 is 0 Å². The molecule has 3 aromatic carbocycles. The second kappa shape index (κ2) is 7.56. The Bertz CT molecular complexity index is 1310. The number of anilines is 2. The van der Waals surface area contributed by atoms with E-state index in [1.54, 1.807) is 30.3 Å². The zero-order valence-corrected chi connectivity index (χ0v) is 16.6. The molecular formula is C21H15F2N3O4S. The van der Waals surface area contributed by atoms with Gasteiger partial charge >= 0.3 is 0 Å². The summed E-state index contributed by atoms with van der Waals surface area (Å²) in [7, 11) is -4.08. The van der Waals surface area contributed by atoms with Crippen LogP contribution in [0.4, 0.5) is 20.2 Å². The van der Waals surface area contributed by atoms with Crippen LogP contribution in [-0.4, -0.2) is 20.2 Å². The molecule has 1 aliphatic heterocycles. The molecule has 0 aliphatic carbocycles. The van der Waals surface area contributed by atoms with Gasteiger partial charge in [-0.25, -0.2) is 22.3 Å². The van der Waals surface area contributed by atoms with E-state index in [9.17, 15) is 26.8 Å². The second-order valence-corrected chi connectivity index (χ2v) is 8.39. The number of sulfonamides is 1. The Kier molecular flexibility index (Phi) is 5.03. The van der Waals surface area contributed by atoms with Crippen molar-refractivity contribution in [3.05, 3.63) is 89.5 Å². The van der Waals surface area contributed by atoms with Gasteiger partial charge in [-0.05, 0) is 35.9 Å². The molecule has 0 fully saturated rings. The standard InChI is InChI=1S/C21H15F2N3O4S/c22-13-6-8-15(16(23)10-13)21(28)26-18-9-7-14(31(24,29)30)11-17(18)25-20(27)19(26)12-4-2-1-3-5-12/h1-11,19H,(H,25,27)(H2,24,29,30). The molecule has 2 amide bonds. The Labute approximate surface area is 176 Å². The highest BCUT2D eigenvalue weighted by Gasteiger charge is 2.39. The average Bonchev–Trinajstić information content (AvgIpc) is 2.72. The third-order valence-corrected chi connectivity index (χ3v) is 5.73. The first-order valence-corrected chi connectivity index (χ1v) is 10.5. The third kappa shape index (κ3) is 3.78. The summed E-state index contributed by atoms with van der Waals surface area (Å²) in [5.74, 6) is -3.49. The van der Waals surface area contributed by atoms with E-state index in [4.69, 9.17) is 5.14 Å². The molecule has 0 saturated carbocycles. The Morgan fingerprint density at radius 2 is 1.71 bits per heavy atom. The molecule has 0 radical (unpaired) electrons. The molecule has 1 unspecified atom stereocenters. The second-order valence-electron chi connectivity index (χ2n) is 6.83. The molecule has 10 heteroatoms. The van der Waals surface area contributed by atoms with Gasteiger partial charge in [-0.1, -0.05) is 30.3 Å². The first kappa shape index (κ1) is 20.6. The van der Waals surface area contributed by atoms with Crippen molar-refractivity contribution in [3.8, 4) is 0 Å². The van der Waals surface area contributed by atoms with E-state index in [0.717, 1.165) is 23.1 Å². The number of carbonyl (C=O) groups excluding carboxylic acids is 2. The summed E-state index contributed by atoms with van der Waals surface area (Å²) in [5.41, 5.74) is 0.143. The third-order valence-electron chi connectivity index (χ3n) is 4.82. The highest BCUT2D eigenvalue weighted by atomic mass is 32.2. The van der Waals surface area contributed by atoms with Crippen LogP contribution in [-0.2, 0) is 14.8 Å². The number of nitrogens with zero attached hydrogens (tertiary/aromatic N) is 1. The summed E-state index contributed by atoms with van der Waals surface area (Å²) in [6, 6.07) is 13.2. The van der Waals surface area contributed by atoms with Crippen molar-refractivity contribution in [2.75, 3.05) is 10.2 Å². The van der Waals surface area contributed by atoms with Crippen molar-refractivity contribution in [3.63, 3.8) is 0 Å². The molecule has 0 bridgehead atoms. The lowest BCUT2D eigenvalue weighted by Gasteiger charge is -2.37. The van der Waals surface area contributed by atoms with Gasteiger partial charge < -0.3 is 5.32 Å². The number of rotatable bonds is 3. The molecule has 158 valence electrons. The Hall–Kier alpha value is -3.63. The molecule has 31 heavy (non-hydrogen) atoms. The number of benzene rings is 3. The van der Waals surface area contributed by atoms with E-state index >= 15 is 0 Å². The molecule has 1 atom stereocenters. The number of carbonyl (C=O) groups is 2. The molecule has 3 N–H and O–H groups in total. The number of nitrogens with one attached hydrogen (secondary N) is 1. The molecule has 1 heterocycles. The molecule has 7 nitrogen and oxygen atoms in total. The SMILES string of the molecule is NS(=O)(=O)c1ccc2c(c1)NC(=O)C(c1ccccc1)N2C(=O)c1ccc(F)cc1F. The number of amides is 2. The van der Waals surface area contributed by atoms with Crippen LogP contribution in [0.2, 0.25) is 0 Å². The fourth-order valence-corrected chi connectivity index (χ4v) is 3.95. The summed E-state index contributed by atoms with van der Waals surface area (Å²) in [6.07, 6.45) is 0. The molecular weight excluding hydrogens is 428 g/mol. The quantitative estimate of drug-likeness (QED) is 0.649. The van der Waals surface area contributed by atoms with Crippen molar-refractivity contribution in [1.82, 2.24) is 0 Å². The highest BCUT2D eigenvalue weighted by Crippen LogP contribution is 2.40. The minimum atomic E-state index is -4.08. The predicted molar refractivity (Wildman–Crippen MR) is 109 cm³/mol. The van der Waals surface area contributed by atoms with Gasteiger partial charge in [-0.15, -0.1) is 0 Å². The maximum atomic E-state index is 14.4. The van der Waals surface area contributed by atoms with Gasteiger partial charge in [-0.3, -0.25) is 14.5 Å². The molecule has 3 aromatic rings. The van der Waals surface area contributed by atoms with E-state index in [-0.39, 0.29) is 16.3 Å². The maximum absolute atomic E-state index is 14.4. The summed E-state index contributed by atoms with van der Waals surface area (Å²) in [6.45, 7) is 0. The minimum Gasteiger partial charge on any atom is -0.322 e. The van der Waals surface area contributed by atoms with Gasteiger partial charge in [-0.2, -0.15) is 0 Å². The van der Waals surface area contributed by atoms with Crippen LogP contribution in [0.25, 0.3) is 0 Å². The van der Waals surface area contributed by atoms with Crippen LogP contribution < -0.4 is 15.4 Å². The summed E-state index contributed by atoms with van der Waals surface area (Å²) in [5, 5.41) is 7.73. The normalized spacial score (nSPS) is 15.9. The number of fused-ring (bicyclic) bond motifs is 1. The first-order valence-electron chi connectivity index (χ1n) is 8.98. The van der Waals surface area contributed by atoms with Crippen molar-refractivity contribution in [2.45, 2.75) is 10.9 Å². The van der Waals surface area contributed by atoms with Gasteiger partial charge in [0.2, 0.25) is 10.0 Å². The Morgan fingerprint density at radius 1 is 1.00 bits per heavy atom. The molecule has 0 aromatic heterocycles. The summed E-state index contributed by atoms with van der Waals surface area (Å²) < 4.78 is 51.1. The van der Waals surface area contributed by atoms with E-state index in [2.05, 4.69) is 5.32 Å². The Morgan fingerprint density at radius 3 is 2.35 bits per heavy atom. The highest BCUT2D eigenvalue weighted by molar-refractivity contribution is 7.89. The summed E-state index contributed by atoms with van der Waals surface area (Å²) in [4.78, 5) is 27.1. The first-order chi connectivity index (χ1) is 14.7. The zero-order valence-electron chi connectivity index (χ0n) is 15.7. The number of hydrogen-bond acceptors (Lipinski definition) is 4.